The molecule has 0 amide bonds. The molecular weight excluding hydrogens is 344 g/mol. The van der Waals surface area contributed by atoms with E-state index in [2.05, 4.69) is 0 Å². The summed E-state index contributed by atoms with van der Waals surface area (Å²) in [4.78, 5) is 11.1. The molecule has 1 aromatic carbocycles. The zero-order chi connectivity index (χ0) is 16.5. The molecule has 0 saturated carbocycles. The lowest BCUT2D eigenvalue weighted by Gasteiger charge is -2.17. The van der Waals surface area contributed by atoms with Crippen LogP contribution >= 0.6 is 23.2 Å². The van der Waals surface area contributed by atoms with Gasteiger partial charge in [0.05, 0.1) is 15.6 Å². The van der Waals surface area contributed by atoms with E-state index in [1.807, 2.05) is 13.8 Å². The highest BCUT2D eigenvalue weighted by atomic mass is 35.5. The zero-order valence-corrected chi connectivity index (χ0v) is 13.8. The van der Waals surface area contributed by atoms with E-state index in [4.69, 9.17) is 33.1 Å². The van der Waals surface area contributed by atoms with Crippen molar-refractivity contribution in [2.24, 2.45) is 11.1 Å². The molecular formula is C12H14Cl2FNO4S. The minimum atomic E-state index is -4.40. The molecule has 0 radical (unpaired) electrons. The fourth-order valence-electron chi connectivity index (χ4n) is 1.35. The van der Waals surface area contributed by atoms with Crippen molar-refractivity contribution in [2.75, 3.05) is 0 Å². The van der Waals surface area contributed by atoms with E-state index < -0.39 is 48.4 Å². The van der Waals surface area contributed by atoms with Crippen LogP contribution in [-0.2, 0) is 14.8 Å². The fraction of sp³-hybridized carbons (Fsp3) is 0.417. The Kier molecular flexibility index (Phi) is 5.60. The lowest BCUT2D eigenvalue weighted by atomic mass is 10.1. The number of nitrogens with two attached hydrogens (primary N) is 1. The summed E-state index contributed by atoms with van der Waals surface area (Å²) < 4.78 is 41.6. The van der Waals surface area contributed by atoms with Crippen LogP contribution < -0.4 is 5.14 Å². The molecule has 5 nitrogen and oxygen atoms in total. The Morgan fingerprint density at radius 2 is 1.81 bits per heavy atom. The summed E-state index contributed by atoms with van der Waals surface area (Å²) in [6, 6.07) is 0.717. The van der Waals surface area contributed by atoms with Crippen molar-refractivity contribution >= 4 is 39.2 Å². The van der Waals surface area contributed by atoms with Crippen LogP contribution in [0.2, 0.25) is 10.0 Å². The number of benzene rings is 1. The molecule has 9 heteroatoms. The average Bonchev–Trinajstić information content (AvgIpc) is 2.31. The molecule has 0 aliphatic carbocycles. The molecule has 0 heterocycles. The monoisotopic (exact) mass is 357 g/mol. The Balaban J connectivity index is 3.40. The zero-order valence-electron chi connectivity index (χ0n) is 11.5. The van der Waals surface area contributed by atoms with Crippen LogP contribution in [0.15, 0.2) is 11.0 Å². The molecule has 1 unspecified atom stereocenters. The molecule has 1 atom stereocenters. The molecule has 0 bridgehead atoms. The first-order valence-corrected chi connectivity index (χ1v) is 8.18. The van der Waals surface area contributed by atoms with Crippen molar-refractivity contribution in [2.45, 2.75) is 31.8 Å². The number of sulfonamides is 1. The largest absolute Gasteiger partial charge is 0.459 e. The summed E-state index contributed by atoms with van der Waals surface area (Å²) in [5.41, 5.74) is -0.449. The van der Waals surface area contributed by atoms with Crippen LogP contribution in [0.3, 0.4) is 0 Å². The van der Waals surface area contributed by atoms with Gasteiger partial charge in [0.25, 0.3) is 0 Å². The number of carbonyl (C=O) groups is 1. The van der Waals surface area contributed by atoms with Gasteiger partial charge in [0.1, 0.15) is 16.8 Å². The maximum atomic E-state index is 13.7. The molecule has 2 N–H and O–H groups in total. The Bertz CT molecular complexity index is 676. The number of hydrogen-bond acceptors (Lipinski definition) is 4. The normalized spacial score (nSPS) is 13.3. The van der Waals surface area contributed by atoms with Gasteiger partial charge in [0.2, 0.25) is 10.0 Å². The highest BCUT2D eigenvalue weighted by Gasteiger charge is 2.28. The Hall–Kier alpha value is -0.890. The summed E-state index contributed by atoms with van der Waals surface area (Å²) in [7, 11) is -4.40. The SMILES string of the molecule is CC(C)C(C)OC(=O)c1cc(F)c(Cl)c(S(N)(=O)=O)c1Cl. The minimum absolute atomic E-state index is 0.0163. The average molecular weight is 358 g/mol. The van der Waals surface area contributed by atoms with Gasteiger partial charge in [-0.25, -0.2) is 22.7 Å². The van der Waals surface area contributed by atoms with Crippen molar-refractivity contribution < 1.29 is 22.3 Å². The van der Waals surface area contributed by atoms with Gasteiger partial charge in [0.15, 0.2) is 0 Å². The third kappa shape index (κ3) is 4.06. The van der Waals surface area contributed by atoms with Crippen LogP contribution in [0.25, 0.3) is 0 Å². The van der Waals surface area contributed by atoms with E-state index in [9.17, 15) is 17.6 Å². The predicted molar refractivity (Wildman–Crippen MR) is 77.5 cm³/mol. The molecule has 0 aliphatic rings. The quantitative estimate of drug-likeness (QED) is 0.662. The maximum Gasteiger partial charge on any atom is 0.340 e. The standard InChI is InChI=1S/C12H14Cl2FNO4S/c1-5(2)6(3)20-12(17)7-4-8(15)10(14)11(9(7)13)21(16,18)19/h4-6H,1-3H3,(H2,16,18,19). The number of ether oxygens (including phenoxy) is 1. The van der Waals surface area contributed by atoms with Crippen molar-refractivity contribution in [3.8, 4) is 0 Å². The second kappa shape index (κ2) is 6.48. The predicted octanol–water partition coefficient (Wildman–Crippen LogP) is 2.98. The van der Waals surface area contributed by atoms with E-state index in [-0.39, 0.29) is 5.92 Å². The first-order valence-electron chi connectivity index (χ1n) is 5.88. The highest BCUT2D eigenvalue weighted by Crippen LogP contribution is 2.34. The lowest BCUT2D eigenvalue weighted by Crippen LogP contribution is -2.22. The summed E-state index contributed by atoms with van der Waals surface area (Å²) >= 11 is 11.4. The van der Waals surface area contributed by atoms with Crippen molar-refractivity contribution in [3.63, 3.8) is 0 Å². The number of halogens is 3. The van der Waals surface area contributed by atoms with Gasteiger partial charge in [-0.05, 0) is 18.9 Å². The summed E-state index contributed by atoms with van der Waals surface area (Å²) in [5, 5.41) is 3.60. The van der Waals surface area contributed by atoms with Crippen LogP contribution in [0.5, 0.6) is 0 Å². The topological polar surface area (TPSA) is 86.5 Å². The molecule has 1 aromatic rings. The van der Waals surface area contributed by atoms with E-state index in [0.717, 1.165) is 0 Å². The van der Waals surface area contributed by atoms with Crippen molar-refractivity contribution in [1.29, 1.82) is 0 Å². The molecule has 21 heavy (non-hydrogen) atoms. The summed E-state index contributed by atoms with van der Waals surface area (Å²) in [6.45, 7) is 5.28. The Morgan fingerprint density at radius 3 is 2.24 bits per heavy atom. The molecule has 0 fully saturated rings. The van der Waals surface area contributed by atoms with E-state index >= 15 is 0 Å². The first-order chi connectivity index (χ1) is 9.46. The summed E-state index contributed by atoms with van der Waals surface area (Å²) in [5.74, 6) is -2.07. The third-order valence-corrected chi connectivity index (χ3v) is 4.82. The smallest absolute Gasteiger partial charge is 0.340 e. The van der Waals surface area contributed by atoms with Crippen LogP contribution in [-0.4, -0.2) is 20.5 Å². The Labute approximate surface area is 132 Å². The first kappa shape index (κ1) is 18.2. The van der Waals surface area contributed by atoms with Crippen LogP contribution in [0.1, 0.15) is 31.1 Å². The van der Waals surface area contributed by atoms with Gasteiger partial charge in [-0.1, -0.05) is 37.0 Å². The van der Waals surface area contributed by atoms with Gasteiger partial charge >= 0.3 is 5.97 Å². The molecule has 1 rings (SSSR count). The number of rotatable bonds is 4. The van der Waals surface area contributed by atoms with Crippen LogP contribution in [0.4, 0.5) is 4.39 Å². The van der Waals surface area contributed by atoms with Crippen molar-refractivity contribution in [3.05, 3.63) is 27.5 Å². The van der Waals surface area contributed by atoms with E-state index in [1.165, 1.54) is 0 Å². The summed E-state index contributed by atoms with van der Waals surface area (Å²) in [6.07, 6.45) is -0.467. The molecule has 118 valence electrons. The number of carbonyl (C=O) groups excluding carboxylic acids is 1. The van der Waals surface area contributed by atoms with Gasteiger partial charge in [-0.2, -0.15) is 0 Å². The van der Waals surface area contributed by atoms with E-state index in [0.29, 0.717) is 6.07 Å². The van der Waals surface area contributed by atoms with Gasteiger partial charge in [-0.15, -0.1) is 0 Å². The van der Waals surface area contributed by atoms with Gasteiger partial charge < -0.3 is 4.74 Å². The van der Waals surface area contributed by atoms with Crippen LogP contribution in [0, 0.1) is 11.7 Å². The molecule has 0 saturated heterocycles. The highest BCUT2D eigenvalue weighted by molar-refractivity contribution is 7.89. The number of primary sulfonamides is 1. The second-order valence-corrected chi connectivity index (χ2v) is 7.02. The molecule has 0 aliphatic heterocycles. The Morgan fingerprint density at radius 1 is 1.29 bits per heavy atom. The number of hydrogen-bond donors (Lipinski definition) is 1. The second-order valence-electron chi connectivity index (χ2n) is 4.76. The van der Waals surface area contributed by atoms with Crippen molar-refractivity contribution in [1.82, 2.24) is 0 Å². The maximum absolute atomic E-state index is 13.7. The third-order valence-electron chi connectivity index (χ3n) is 2.85. The van der Waals surface area contributed by atoms with Gasteiger partial charge in [0, 0.05) is 0 Å². The minimum Gasteiger partial charge on any atom is -0.459 e. The fourth-order valence-corrected chi connectivity index (χ4v) is 3.12. The van der Waals surface area contributed by atoms with E-state index in [1.54, 1.807) is 6.92 Å². The number of esters is 1. The molecule has 0 aromatic heterocycles. The van der Waals surface area contributed by atoms with Gasteiger partial charge in [-0.3, -0.25) is 0 Å². The molecule has 0 spiro atoms. The lowest BCUT2D eigenvalue weighted by molar-refractivity contribution is 0.0237.